The van der Waals surface area contributed by atoms with E-state index in [0.717, 1.165) is 11.2 Å². The predicted molar refractivity (Wildman–Crippen MR) is 57.3 cm³/mol. The molecule has 2 rings (SSSR count). The van der Waals surface area contributed by atoms with E-state index in [-0.39, 0.29) is 6.04 Å². The highest BCUT2D eigenvalue weighted by Gasteiger charge is 2.12. The van der Waals surface area contributed by atoms with Gasteiger partial charge in [-0.25, -0.2) is 9.97 Å². The summed E-state index contributed by atoms with van der Waals surface area (Å²) in [5, 5.41) is 0.452. The van der Waals surface area contributed by atoms with Gasteiger partial charge in [-0.3, -0.25) is 4.57 Å². The molecule has 0 aliphatic carbocycles. The van der Waals surface area contributed by atoms with Gasteiger partial charge in [-0.15, -0.1) is 0 Å². The van der Waals surface area contributed by atoms with Crippen molar-refractivity contribution in [2.75, 3.05) is 5.73 Å². The van der Waals surface area contributed by atoms with Gasteiger partial charge in [0.05, 0.1) is 0 Å². The number of rotatable bonds is 1. The van der Waals surface area contributed by atoms with Crippen molar-refractivity contribution in [2.45, 2.75) is 19.9 Å². The van der Waals surface area contributed by atoms with Crippen LogP contribution >= 0.6 is 11.6 Å². The maximum Gasteiger partial charge on any atom is 0.205 e. The molecule has 0 aromatic carbocycles. The lowest BCUT2D eigenvalue weighted by atomic mass is 10.3. The molecule has 0 unspecified atom stereocenters. The Labute approximate surface area is 86.7 Å². The molecule has 0 fully saturated rings. The van der Waals surface area contributed by atoms with E-state index < -0.39 is 0 Å². The Bertz CT molecular complexity index is 475. The molecule has 2 aromatic rings. The average Bonchev–Trinajstić information content (AvgIpc) is 2.40. The van der Waals surface area contributed by atoms with Crippen LogP contribution in [0.4, 0.5) is 5.82 Å². The van der Waals surface area contributed by atoms with Crippen LogP contribution in [-0.4, -0.2) is 14.5 Å². The van der Waals surface area contributed by atoms with Crippen LogP contribution in [0.5, 0.6) is 0 Å². The number of aromatic nitrogens is 3. The van der Waals surface area contributed by atoms with E-state index in [1.807, 2.05) is 24.5 Å². The van der Waals surface area contributed by atoms with Crippen molar-refractivity contribution < 1.29 is 0 Å². The molecule has 0 spiro atoms. The van der Waals surface area contributed by atoms with E-state index >= 15 is 0 Å². The molecule has 0 radical (unpaired) electrons. The lowest BCUT2D eigenvalue weighted by Gasteiger charge is -2.08. The van der Waals surface area contributed by atoms with Gasteiger partial charge in [0.15, 0.2) is 5.65 Å². The molecule has 0 aliphatic rings. The first-order valence-electron chi connectivity index (χ1n) is 4.39. The molecule has 0 saturated heterocycles. The summed E-state index contributed by atoms with van der Waals surface area (Å²) in [4.78, 5) is 8.40. The summed E-state index contributed by atoms with van der Waals surface area (Å²) in [6, 6.07) is 3.76. The lowest BCUT2D eigenvalue weighted by molar-refractivity contribution is 0.614. The lowest BCUT2D eigenvalue weighted by Crippen LogP contribution is -2.02. The zero-order chi connectivity index (χ0) is 10.3. The molecule has 0 bridgehead atoms. The van der Waals surface area contributed by atoms with Gasteiger partial charge in [0.2, 0.25) is 5.28 Å². The molecule has 14 heavy (non-hydrogen) atoms. The highest BCUT2D eigenvalue weighted by Crippen LogP contribution is 2.23. The van der Waals surface area contributed by atoms with Gasteiger partial charge >= 0.3 is 0 Å². The van der Waals surface area contributed by atoms with Crippen molar-refractivity contribution in [3.8, 4) is 0 Å². The van der Waals surface area contributed by atoms with Crippen LogP contribution in [0.3, 0.4) is 0 Å². The first kappa shape index (κ1) is 9.27. The van der Waals surface area contributed by atoms with E-state index in [1.165, 1.54) is 0 Å². The summed E-state index contributed by atoms with van der Waals surface area (Å²) in [5.41, 5.74) is 7.12. The number of nitrogen functional groups attached to an aromatic ring is 1. The molecular weight excluding hydrogens is 200 g/mol. The fourth-order valence-corrected chi connectivity index (χ4v) is 1.78. The summed E-state index contributed by atoms with van der Waals surface area (Å²) in [6.07, 6.45) is 0. The average molecular weight is 211 g/mol. The minimum absolute atomic E-state index is 0.224. The van der Waals surface area contributed by atoms with Crippen molar-refractivity contribution in [2.24, 2.45) is 0 Å². The zero-order valence-corrected chi connectivity index (χ0v) is 8.78. The van der Waals surface area contributed by atoms with Crippen molar-refractivity contribution in [1.29, 1.82) is 0 Å². The van der Waals surface area contributed by atoms with Gasteiger partial charge in [0, 0.05) is 6.04 Å². The SMILES string of the molecule is CC(C)n1c(Cl)nc2ccc(N)nc21. The van der Waals surface area contributed by atoms with Crippen LogP contribution in [0.15, 0.2) is 12.1 Å². The summed E-state index contributed by atoms with van der Waals surface area (Å²) in [5.74, 6) is 0.482. The second-order valence-electron chi connectivity index (χ2n) is 3.42. The van der Waals surface area contributed by atoms with Crippen molar-refractivity contribution in [1.82, 2.24) is 14.5 Å². The normalized spacial score (nSPS) is 11.4. The third kappa shape index (κ3) is 1.32. The molecule has 0 saturated carbocycles. The Kier molecular flexibility index (Phi) is 2.07. The molecule has 4 nitrogen and oxygen atoms in total. The number of imidazole rings is 1. The molecule has 2 heterocycles. The largest absolute Gasteiger partial charge is 0.384 e. The zero-order valence-electron chi connectivity index (χ0n) is 8.03. The number of hydrogen-bond acceptors (Lipinski definition) is 3. The predicted octanol–water partition coefficient (Wildman–Crippen LogP) is 2.25. The summed E-state index contributed by atoms with van der Waals surface area (Å²) in [7, 11) is 0. The minimum atomic E-state index is 0.224. The number of anilines is 1. The fraction of sp³-hybridized carbons (Fsp3) is 0.333. The summed E-state index contributed by atoms with van der Waals surface area (Å²) >= 11 is 5.99. The Morgan fingerprint density at radius 3 is 2.71 bits per heavy atom. The standard InChI is InChI=1S/C9H11ClN4/c1-5(2)14-8-6(12-9(14)10)3-4-7(11)13-8/h3-5H,1-2H3,(H2,11,13). The van der Waals surface area contributed by atoms with Crippen LogP contribution in [0, 0.1) is 0 Å². The van der Waals surface area contributed by atoms with E-state index in [1.54, 1.807) is 6.07 Å². The molecule has 0 atom stereocenters. The molecule has 2 N–H and O–H groups in total. The van der Waals surface area contributed by atoms with Crippen LogP contribution < -0.4 is 5.73 Å². The van der Waals surface area contributed by atoms with Gasteiger partial charge in [0.25, 0.3) is 0 Å². The Morgan fingerprint density at radius 2 is 2.07 bits per heavy atom. The number of nitrogens with zero attached hydrogens (tertiary/aromatic N) is 3. The number of halogens is 1. The summed E-state index contributed by atoms with van der Waals surface area (Å²) < 4.78 is 1.85. The van der Waals surface area contributed by atoms with Gasteiger partial charge in [-0.1, -0.05) is 0 Å². The number of fused-ring (bicyclic) bond motifs is 1. The second kappa shape index (κ2) is 3.13. The van der Waals surface area contributed by atoms with Crippen LogP contribution in [0.25, 0.3) is 11.2 Å². The quantitative estimate of drug-likeness (QED) is 0.786. The summed E-state index contributed by atoms with van der Waals surface area (Å²) in [6.45, 7) is 4.05. The number of pyridine rings is 1. The van der Waals surface area contributed by atoms with Crippen LogP contribution in [0.2, 0.25) is 5.28 Å². The molecule has 5 heteroatoms. The van der Waals surface area contributed by atoms with E-state index in [9.17, 15) is 0 Å². The number of hydrogen-bond donors (Lipinski definition) is 1. The van der Waals surface area contributed by atoms with Gasteiger partial charge in [-0.2, -0.15) is 0 Å². The molecule has 2 aromatic heterocycles. The van der Waals surface area contributed by atoms with Crippen LogP contribution in [-0.2, 0) is 0 Å². The first-order chi connectivity index (χ1) is 6.59. The second-order valence-corrected chi connectivity index (χ2v) is 3.76. The molecular formula is C9H11ClN4. The van der Waals surface area contributed by atoms with Crippen molar-refractivity contribution in [3.63, 3.8) is 0 Å². The smallest absolute Gasteiger partial charge is 0.205 e. The van der Waals surface area contributed by atoms with Crippen molar-refractivity contribution >= 4 is 28.6 Å². The monoisotopic (exact) mass is 210 g/mol. The van der Waals surface area contributed by atoms with Gasteiger partial charge < -0.3 is 5.73 Å². The Balaban J connectivity index is 2.79. The highest BCUT2D eigenvalue weighted by atomic mass is 35.5. The topological polar surface area (TPSA) is 56.7 Å². The first-order valence-corrected chi connectivity index (χ1v) is 4.77. The van der Waals surface area contributed by atoms with Gasteiger partial charge in [0.1, 0.15) is 11.3 Å². The fourth-order valence-electron chi connectivity index (χ4n) is 1.42. The molecule has 0 amide bonds. The number of nitrogens with two attached hydrogens (primary N) is 1. The van der Waals surface area contributed by atoms with Crippen molar-refractivity contribution in [3.05, 3.63) is 17.4 Å². The van der Waals surface area contributed by atoms with Gasteiger partial charge in [-0.05, 0) is 37.6 Å². The highest BCUT2D eigenvalue weighted by molar-refractivity contribution is 6.29. The van der Waals surface area contributed by atoms with E-state index in [0.29, 0.717) is 11.1 Å². The Hall–Kier alpha value is -1.29. The molecule has 74 valence electrons. The minimum Gasteiger partial charge on any atom is -0.384 e. The Morgan fingerprint density at radius 1 is 1.36 bits per heavy atom. The van der Waals surface area contributed by atoms with E-state index in [2.05, 4.69) is 9.97 Å². The van der Waals surface area contributed by atoms with Crippen LogP contribution in [0.1, 0.15) is 19.9 Å². The van der Waals surface area contributed by atoms with E-state index in [4.69, 9.17) is 17.3 Å². The maximum absolute atomic E-state index is 5.99. The third-order valence-electron chi connectivity index (χ3n) is 2.03. The maximum atomic E-state index is 5.99. The third-order valence-corrected chi connectivity index (χ3v) is 2.30. The molecule has 0 aliphatic heterocycles.